The van der Waals surface area contributed by atoms with E-state index in [4.69, 9.17) is 4.84 Å². The Labute approximate surface area is 175 Å². The third kappa shape index (κ3) is 4.33. The van der Waals surface area contributed by atoms with Crippen LogP contribution in [0.25, 0.3) is 11.1 Å². The Balaban J connectivity index is 1.31. The largest absolute Gasteiger partial charge is 0.434 e. The van der Waals surface area contributed by atoms with Gasteiger partial charge in [0.15, 0.2) is 0 Å². The fourth-order valence-corrected chi connectivity index (χ4v) is 3.71. The summed E-state index contributed by atoms with van der Waals surface area (Å²) in [5.74, 6) is -0.922. The van der Waals surface area contributed by atoms with Gasteiger partial charge in [-0.15, -0.1) is 5.06 Å². The van der Waals surface area contributed by atoms with Gasteiger partial charge in [0.25, 0.3) is 11.8 Å². The van der Waals surface area contributed by atoms with E-state index in [1.165, 1.54) is 16.0 Å². The third-order valence-corrected chi connectivity index (χ3v) is 5.54. The Hall–Kier alpha value is -3.26. The van der Waals surface area contributed by atoms with Crippen molar-refractivity contribution in [3.63, 3.8) is 0 Å². The van der Waals surface area contributed by atoms with Crippen molar-refractivity contribution in [1.82, 2.24) is 19.8 Å². The predicted octanol–water partition coefficient (Wildman–Crippen LogP) is 2.38. The number of hydrogen-bond donors (Lipinski definition) is 0. The molecule has 0 saturated carbocycles. The van der Waals surface area contributed by atoms with E-state index in [0.717, 1.165) is 17.7 Å². The second-order valence-electron chi connectivity index (χ2n) is 7.59. The fourth-order valence-electron chi connectivity index (χ4n) is 3.71. The van der Waals surface area contributed by atoms with Crippen molar-refractivity contribution in [2.75, 3.05) is 26.2 Å². The number of carbonyl (C=O) groups excluding carboxylic acids is 3. The smallest absolute Gasteiger partial charge is 0.311 e. The summed E-state index contributed by atoms with van der Waals surface area (Å²) >= 11 is 0. The van der Waals surface area contributed by atoms with Crippen LogP contribution in [-0.2, 0) is 21.0 Å². The van der Waals surface area contributed by atoms with Crippen LogP contribution in [0, 0.1) is 6.92 Å². The van der Waals surface area contributed by atoms with E-state index in [2.05, 4.69) is 35.0 Å². The highest BCUT2D eigenvalue weighted by molar-refractivity contribution is 6.01. The van der Waals surface area contributed by atoms with Crippen LogP contribution >= 0.6 is 0 Å². The Morgan fingerprint density at radius 3 is 2.40 bits per heavy atom. The molecule has 1 aromatic carbocycles. The van der Waals surface area contributed by atoms with Crippen molar-refractivity contribution in [3.05, 3.63) is 53.9 Å². The first kappa shape index (κ1) is 20.0. The molecule has 0 aliphatic carbocycles. The minimum atomic E-state index is -0.643. The number of amides is 3. The highest BCUT2D eigenvalue weighted by Crippen LogP contribution is 2.23. The minimum absolute atomic E-state index is 0.0960. The minimum Gasteiger partial charge on any atom is -0.311 e. The number of rotatable bonds is 4. The number of carbonyl (C=O) groups is 3. The normalized spacial score (nSPS) is 17.5. The predicted molar refractivity (Wildman–Crippen MR) is 109 cm³/mol. The molecule has 8 nitrogen and oxygen atoms in total. The molecule has 0 N–H and O–H groups in total. The van der Waals surface area contributed by atoms with Gasteiger partial charge < -0.3 is 9.74 Å². The highest BCUT2D eigenvalue weighted by atomic mass is 16.7. The molecule has 1 aromatic heterocycles. The summed E-state index contributed by atoms with van der Waals surface area (Å²) in [6.07, 6.45) is 3.17. The lowest BCUT2D eigenvalue weighted by Crippen LogP contribution is -2.50. The number of imide groups is 1. The van der Waals surface area contributed by atoms with Crippen molar-refractivity contribution >= 4 is 17.9 Å². The Kier molecular flexibility index (Phi) is 5.76. The van der Waals surface area contributed by atoms with Crippen LogP contribution < -0.4 is 0 Å². The van der Waals surface area contributed by atoms with Gasteiger partial charge in [0.2, 0.25) is 0 Å². The van der Waals surface area contributed by atoms with Crippen molar-refractivity contribution < 1.29 is 19.2 Å². The average Bonchev–Trinajstić information content (AvgIpc) is 3.08. The summed E-state index contributed by atoms with van der Waals surface area (Å²) in [5.41, 5.74) is 4.69. The van der Waals surface area contributed by atoms with E-state index < -0.39 is 17.9 Å². The van der Waals surface area contributed by atoms with E-state index >= 15 is 0 Å². The number of aromatic nitrogens is 1. The molecule has 3 heterocycles. The molecule has 2 aromatic rings. The van der Waals surface area contributed by atoms with Crippen LogP contribution in [0.15, 0.2) is 42.7 Å². The van der Waals surface area contributed by atoms with Crippen LogP contribution in [0.5, 0.6) is 0 Å². The van der Waals surface area contributed by atoms with Crippen molar-refractivity contribution in [3.8, 4) is 11.1 Å². The molecule has 2 saturated heterocycles. The first-order valence-electron chi connectivity index (χ1n) is 10.1. The molecule has 0 unspecified atom stereocenters. The molecule has 0 spiro atoms. The SMILES string of the molecule is Cc1cc(-c2cccnc2)ccc1CN1CCN(C(=O)ON2C(=O)CCC2=O)CC1. The van der Waals surface area contributed by atoms with Crippen molar-refractivity contribution in [1.29, 1.82) is 0 Å². The van der Waals surface area contributed by atoms with Gasteiger partial charge in [0.1, 0.15) is 0 Å². The molecule has 0 radical (unpaired) electrons. The second-order valence-corrected chi connectivity index (χ2v) is 7.59. The van der Waals surface area contributed by atoms with E-state index in [1.807, 2.05) is 18.3 Å². The molecule has 2 fully saturated rings. The summed E-state index contributed by atoms with van der Waals surface area (Å²) in [6, 6.07) is 10.4. The van der Waals surface area contributed by atoms with Gasteiger partial charge in [-0.2, -0.15) is 0 Å². The number of hydroxylamine groups is 2. The van der Waals surface area contributed by atoms with Gasteiger partial charge in [-0.1, -0.05) is 24.3 Å². The number of nitrogens with zero attached hydrogens (tertiary/aromatic N) is 4. The van der Waals surface area contributed by atoms with Crippen LogP contribution in [-0.4, -0.2) is 63.9 Å². The number of pyridine rings is 1. The standard InChI is InChI=1S/C22H24N4O4/c1-16-13-17(18-3-2-8-23-14-18)4-5-19(16)15-24-9-11-25(12-10-24)22(29)30-26-20(27)6-7-21(26)28/h2-5,8,13-14H,6-7,9-12,15H2,1H3. The zero-order chi connectivity index (χ0) is 21.1. The quantitative estimate of drug-likeness (QED) is 0.723. The first-order valence-corrected chi connectivity index (χ1v) is 10.1. The van der Waals surface area contributed by atoms with E-state index in [1.54, 1.807) is 6.20 Å². The number of aryl methyl sites for hydroxylation is 1. The van der Waals surface area contributed by atoms with E-state index in [9.17, 15) is 14.4 Å². The number of piperazine rings is 1. The van der Waals surface area contributed by atoms with Gasteiger partial charge in [-0.05, 0) is 35.2 Å². The monoisotopic (exact) mass is 408 g/mol. The maximum atomic E-state index is 12.3. The number of hydrogen-bond acceptors (Lipinski definition) is 6. The van der Waals surface area contributed by atoms with E-state index in [-0.39, 0.29) is 12.8 Å². The molecule has 8 heteroatoms. The lowest BCUT2D eigenvalue weighted by Gasteiger charge is -2.34. The van der Waals surface area contributed by atoms with Gasteiger partial charge in [0.05, 0.1) is 0 Å². The molecule has 30 heavy (non-hydrogen) atoms. The molecule has 0 bridgehead atoms. The van der Waals surface area contributed by atoms with Crippen LogP contribution in [0.1, 0.15) is 24.0 Å². The van der Waals surface area contributed by atoms with Crippen LogP contribution in [0.4, 0.5) is 4.79 Å². The van der Waals surface area contributed by atoms with Gasteiger partial charge in [0, 0.05) is 58.0 Å². The average molecular weight is 408 g/mol. The fraction of sp³-hybridized carbons (Fsp3) is 0.364. The van der Waals surface area contributed by atoms with Gasteiger partial charge in [-0.25, -0.2) is 4.79 Å². The molecule has 2 aliphatic rings. The summed E-state index contributed by atoms with van der Waals surface area (Å²) in [6.45, 7) is 5.27. The molecule has 156 valence electrons. The maximum Gasteiger partial charge on any atom is 0.434 e. The van der Waals surface area contributed by atoms with Gasteiger partial charge >= 0.3 is 6.09 Å². The number of benzene rings is 1. The lowest BCUT2D eigenvalue weighted by molar-refractivity contribution is -0.174. The van der Waals surface area contributed by atoms with Crippen molar-refractivity contribution in [2.45, 2.75) is 26.3 Å². The molecule has 2 aliphatic heterocycles. The van der Waals surface area contributed by atoms with E-state index in [0.29, 0.717) is 31.2 Å². The molecular weight excluding hydrogens is 384 g/mol. The Morgan fingerprint density at radius 1 is 1.03 bits per heavy atom. The second kappa shape index (κ2) is 8.62. The van der Waals surface area contributed by atoms with Crippen LogP contribution in [0.3, 0.4) is 0 Å². The molecule has 4 rings (SSSR count). The summed E-state index contributed by atoms with van der Waals surface area (Å²) < 4.78 is 0. The molecule has 0 atom stereocenters. The lowest BCUT2D eigenvalue weighted by atomic mass is 10.0. The molecule has 3 amide bonds. The summed E-state index contributed by atoms with van der Waals surface area (Å²) in [7, 11) is 0. The van der Waals surface area contributed by atoms with Crippen molar-refractivity contribution in [2.24, 2.45) is 0 Å². The summed E-state index contributed by atoms with van der Waals surface area (Å²) in [4.78, 5) is 48.5. The molecular formula is C22H24N4O4. The zero-order valence-corrected chi connectivity index (χ0v) is 16.9. The highest BCUT2D eigenvalue weighted by Gasteiger charge is 2.34. The Morgan fingerprint density at radius 2 is 1.77 bits per heavy atom. The maximum absolute atomic E-state index is 12.3. The Bertz CT molecular complexity index is 939. The topological polar surface area (TPSA) is 83.1 Å². The third-order valence-electron chi connectivity index (χ3n) is 5.54. The summed E-state index contributed by atoms with van der Waals surface area (Å²) in [5, 5.41) is 0.599. The zero-order valence-electron chi connectivity index (χ0n) is 16.9. The first-order chi connectivity index (χ1) is 14.5. The van der Waals surface area contributed by atoms with Crippen LogP contribution in [0.2, 0.25) is 0 Å². The van der Waals surface area contributed by atoms with Gasteiger partial charge in [-0.3, -0.25) is 19.5 Å².